The van der Waals surface area contributed by atoms with E-state index >= 15 is 0 Å². The van der Waals surface area contributed by atoms with Gasteiger partial charge in [0.2, 0.25) is 0 Å². The summed E-state index contributed by atoms with van der Waals surface area (Å²) >= 11 is 0. The van der Waals surface area contributed by atoms with Gasteiger partial charge in [-0.3, -0.25) is 0 Å². The second-order valence-corrected chi connectivity index (χ2v) is 10.1. The summed E-state index contributed by atoms with van der Waals surface area (Å²) in [5.41, 5.74) is 2.56. The van der Waals surface area contributed by atoms with E-state index in [2.05, 4.69) is 19.9 Å². The van der Waals surface area contributed by atoms with Crippen molar-refractivity contribution in [3.63, 3.8) is 0 Å². The van der Waals surface area contributed by atoms with Crippen LogP contribution in [0.5, 0.6) is 5.75 Å². The van der Waals surface area contributed by atoms with Gasteiger partial charge in [0.1, 0.15) is 15.9 Å². The number of hydrogen-bond acceptors (Lipinski definition) is 4. The van der Waals surface area contributed by atoms with Gasteiger partial charge in [0, 0.05) is 0 Å². The van der Waals surface area contributed by atoms with Gasteiger partial charge in [-0.2, -0.15) is 0 Å². The Morgan fingerprint density at radius 3 is 1.80 bits per heavy atom. The van der Waals surface area contributed by atoms with Crippen molar-refractivity contribution in [2.24, 2.45) is 0 Å². The Hall–Kier alpha value is -0.0700. The molecule has 1 unspecified atom stereocenters. The van der Waals surface area contributed by atoms with Crippen LogP contribution >= 0.6 is 0 Å². The van der Waals surface area contributed by atoms with E-state index in [0.717, 1.165) is 19.3 Å². The third-order valence-corrected chi connectivity index (χ3v) is 7.21. The molecule has 0 aliphatic heterocycles. The minimum atomic E-state index is -4.56. The number of rotatable bonds is 16. The summed E-state index contributed by atoms with van der Waals surface area (Å²) in [7, 11) is -4.56. The first-order chi connectivity index (χ1) is 13.8. The molecular formula is C24H41NaO4S. The summed E-state index contributed by atoms with van der Waals surface area (Å²) in [4.78, 5) is -1.73. The van der Waals surface area contributed by atoms with Gasteiger partial charge in [-0.15, -0.1) is 0 Å². The molecular weight excluding hydrogens is 407 g/mol. The fourth-order valence-electron chi connectivity index (χ4n) is 3.53. The molecule has 168 valence electrons. The van der Waals surface area contributed by atoms with Crippen molar-refractivity contribution in [1.82, 2.24) is 0 Å². The van der Waals surface area contributed by atoms with Crippen molar-refractivity contribution in [2.75, 3.05) is 0 Å². The SMILES string of the molecule is CCCCCCCc1ccc(OC(C)(CC)S(=O)(=O)[O-])cc1CCCCCCC.[Na+]. The zero-order valence-electron chi connectivity index (χ0n) is 20.0. The molecule has 0 heterocycles. The van der Waals surface area contributed by atoms with Crippen molar-refractivity contribution in [3.05, 3.63) is 29.3 Å². The van der Waals surface area contributed by atoms with Crippen LogP contribution in [0, 0.1) is 0 Å². The molecule has 1 rings (SSSR count). The molecule has 0 N–H and O–H groups in total. The third kappa shape index (κ3) is 10.5. The first-order valence-corrected chi connectivity index (χ1v) is 12.9. The minimum absolute atomic E-state index is 0. The van der Waals surface area contributed by atoms with E-state index in [4.69, 9.17) is 4.74 Å². The zero-order valence-corrected chi connectivity index (χ0v) is 22.8. The maximum absolute atomic E-state index is 11.7. The molecule has 4 nitrogen and oxygen atoms in total. The maximum atomic E-state index is 11.7. The van der Waals surface area contributed by atoms with E-state index < -0.39 is 15.1 Å². The van der Waals surface area contributed by atoms with E-state index in [1.807, 2.05) is 12.1 Å². The molecule has 0 bridgehead atoms. The summed E-state index contributed by atoms with van der Waals surface area (Å²) in [5.74, 6) is 0.479. The van der Waals surface area contributed by atoms with Gasteiger partial charge < -0.3 is 9.29 Å². The predicted octanol–water partition coefficient (Wildman–Crippen LogP) is 3.77. The molecule has 0 amide bonds. The molecule has 0 aliphatic rings. The van der Waals surface area contributed by atoms with Gasteiger partial charge in [-0.05, 0) is 62.3 Å². The molecule has 0 saturated heterocycles. The quantitative estimate of drug-likeness (QED) is 0.219. The van der Waals surface area contributed by atoms with E-state index in [1.54, 1.807) is 6.92 Å². The Morgan fingerprint density at radius 2 is 1.33 bits per heavy atom. The molecule has 0 saturated carbocycles. The number of aryl methyl sites for hydroxylation is 2. The van der Waals surface area contributed by atoms with Crippen LogP contribution in [0.2, 0.25) is 0 Å². The van der Waals surface area contributed by atoms with Crippen molar-refractivity contribution in [3.8, 4) is 5.75 Å². The Bertz CT molecular complexity index is 690. The van der Waals surface area contributed by atoms with Crippen molar-refractivity contribution in [2.45, 2.75) is 116 Å². The van der Waals surface area contributed by atoms with Crippen LogP contribution in [-0.2, 0) is 23.0 Å². The number of unbranched alkanes of at least 4 members (excludes halogenated alkanes) is 8. The molecule has 30 heavy (non-hydrogen) atoms. The van der Waals surface area contributed by atoms with E-state index in [0.29, 0.717) is 5.75 Å². The first-order valence-electron chi connectivity index (χ1n) is 11.5. The van der Waals surface area contributed by atoms with Crippen LogP contribution in [0.1, 0.15) is 109 Å². The van der Waals surface area contributed by atoms with Gasteiger partial charge in [-0.25, -0.2) is 8.42 Å². The Morgan fingerprint density at radius 1 is 0.833 bits per heavy atom. The van der Waals surface area contributed by atoms with Crippen molar-refractivity contribution < 1.29 is 47.3 Å². The monoisotopic (exact) mass is 448 g/mol. The van der Waals surface area contributed by atoms with Gasteiger partial charge in [0.05, 0.1) is 0 Å². The largest absolute Gasteiger partial charge is 1.00 e. The molecule has 0 fully saturated rings. The van der Waals surface area contributed by atoms with Crippen molar-refractivity contribution >= 4 is 10.1 Å². The molecule has 1 aromatic carbocycles. The zero-order chi connectivity index (χ0) is 21.8. The van der Waals surface area contributed by atoms with E-state index in [1.165, 1.54) is 75.8 Å². The maximum Gasteiger partial charge on any atom is 1.00 e. The van der Waals surface area contributed by atoms with Crippen LogP contribution in [-0.4, -0.2) is 17.9 Å². The topological polar surface area (TPSA) is 66.4 Å². The first kappa shape index (κ1) is 29.9. The van der Waals surface area contributed by atoms with Crippen molar-refractivity contribution in [1.29, 1.82) is 0 Å². The summed E-state index contributed by atoms with van der Waals surface area (Å²) in [5, 5.41) is 0. The smallest absolute Gasteiger partial charge is 0.745 e. The van der Waals surface area contributed by atoms with Gasteiger partial charge in [0.25, 0.3) is 0 Å². The molecule has 1 aromatic rings. The molecule has 0 radical (unpaired) electrons. The fourth-order valence-corrected chi connectivity index (χ4v) is 4.08. The normalized spacial score (nSPS) is 13.5. The molecule has 1 atom stereocenters. The van der Waals surface area contributed by atoms with Crippen LogP contribution < -0.4 is 34.3 Å². The van der Waals surface area contributed by atoms with Crippen LogP contribution in [0.15, 0.2) is 18.2 Å². The summed E-state index contributed by atoms with van der Waals surface area (Å²) in [6, 6.07) is 5.84. The second-order valence-electron chi connectivity index (χ2n) is 8.30. The van der Waals surface area contributed by atoms with E-state index in [9.17, 15) is 13.0 Å². The minimum Gasteiger partial charge on any atom is -0.745 e. The Kier molecular flexibility index (Phi) is 15.6. The van der Waals surface area contributed by atoms with Gasteiger partial charge in [0.15, 0.2) is 4.93 Å². The standard InChI is InChI=1S/C24H42O4S.Na/c1-5-8-10-12-14-16-21-18-19-23(28-24(4,7-3)29(25,26)27)20-22(21)17-15-13-11-9-6-2;/h18-20H,5-17H2,1-4H3,(H,25,26,27);/q;+1/p-1. The van der Waals surface area contributed by atoms with Crippen LogP contribution in [0.4, 0.5) is 0 Å². The number of benzene rings is 1. The van der Waals surface area contributed by atoms with E-state index in [-0.39, 0.29) is 36.0 Å². The average molecular weight is 449 g/mol. The van der Waals surface area contributed by atoms with Crippen LogP contribution in [0.25, 0.3) is 0 Å². The number of ether oxygens (including phenoxy) is 1. The Labute approximate surface area is 207 Å². The number of hydrogen-bond donors (Lipinski definition) is 0. The summed E-state index contributed by atoms with van der Waals surface area (Å²) < 4.78 is 40.7. The average Bonchev–Trinajstić information content (AvgIpc) is 2.68. The predicted molar refractivity (Wildman–Crippen MR) is 120 cm³/mol. The second kappa shape index (κ2) is 15.7. The van der Waals surface area contributed by atoms with Gasteiger partial charge in [-0.1, -0.05) is 78.2 Å². The van der Waals surface area contributed by atoms with Crippen LogP contribution in [0.3, 0.4) is 0 Å². The third-order valence-electron chi connectivity index (χ3n) is 5.78. The molecule has 6 heteroatoms. The summed E-state index contributed by atoms with van der Waals surface area (Å²) in [6.07, 6.45) is 14.4. The Balaban J connectivity index is 0.00000841. The fraction of sp³-hybridized carbons (Fsp3) is 0.750. The molecule has 0 aliphatic carbocycles. The summed E-state index contributed by atoms with van der Waals surface area (Å²) in [6.45, 7) is 7.46. The molecule has 0 aromatic heterocycles. The molecule has 0 spiro atoms. The van der Waals surface area contributed by atoms with Gasteiger partial charge >= 0.3 is 29.6 Å².